The molecule has 0 bridgehead atoms. The summed E-state index contributed by atoms with van der Waals surface area (Å²) in [5.74, 6) is 0.290. The largest absolute Gasteiger partial charge is 0.454 e. The third kappa shape index (κ3) is 3.82. The summed E-state index contributed by atoms with van der Waals surface area (Å²) in [7, 11) is 0. The summed E-state index contributed by atoms with van der Waals surface area (Å²) in [4.78, 5) is 28.3. The quantitative estimate of drug-likeness (QED) is 0.700. The van der Waals surface area contributed by atoms with Crippen LogP contribution in [0, 0.1) is 0 Å². The molecule has 136 valence electrons. The number of ether oxygens (including phenoxy) is 3. The van der Waals surface area contributed by atoms with Crippen LogP contribution in [0.4, 0.5) is 0 Å². The number of nitrogens with one attached hydrogen (secondary N) is 1. The van der Waals surface area contributed by atoms with Gasteiger partial charge in [-0.3, -0.25) is 4.79 Å². The highest BCUT2D eigenvalue weighted by Crippen LogP contribution is 2.32. The van der Waals surface area contributed by atoms with Gasteiger partial charge in [-0.1, -0.05) is 30.3 Å². The molecule has 7 heteroatoms. The van der Waals surface area contributed by atoms with Crippen LogP contribution in [0.3, 0.4) is 0 Å². The summed E-state index contributed by atoms with van der Waals surface area (Å²) in [5, 5.41) is 3.62. The van der Waals surface area contributed by atoms with Crippen molar-refractivity contribution in [2.45, 2.75) is 6.54 Å². The molecule has 0 spiro atoms. The molecular weight excluding hydrogens is 348 g/mol. The number of pyridine rings is 1. The van der Waals surface area contributed by atoms with E-state index in [-0.39, 0.29) is 19.1 Å². The van der Waals surface area contributed by atoms with Gasteiger partial charge in [-0.25, -0.2) is 9.78 Å². The Balaban J connectivity index is 1.30. The molecule has 1 aromatic heterocycles. The van der Waals surface area contributed by atoms with Gasteiger partial charge in [0.05, 0.1) is 5.52 Å². The Morgan fingerprint density at radius 2 is 1.89 bits per heavy atom. The number of para-hydroxylation sites is 1. The molecule has 3 aromatic rings. The second-order valence-corrected chi connectivity index (χ2v) is 5.93. The van der Waals surface area contributed by atoms with Crippen molar-refractivity contribution in [3.05, 3.63) is 65.9 Å². The smallest absolute Gasteiger partial charge is 0.357 e. The first-order valence-electron chi connectivity index (χ1n) is 8.37. The van der Waals surface area contributed by atoms with Crippen molar-refractivity contribution < 1.29 is 23.8 Å². The summed E-state index contributed by atoms with van der Waals surface area (Å²) in [6.07, 6.45) is 0. The van der Waals surface area contributed by atoms with E-state index in [0.29, 0.717) is 23.6 Å². The van der Waals surface area contributed by atoms with Crippen LogP contribution in [0.25, 0.3) is 10.9 Å². The van der Waals surface area contributed by atoms with E-state index >= 15 is 0 Å². The molecule has 27 heavy (non-hydrogen) atoms. The van der Waals surface area contributed by atoms with Crippen LogP contribution in [0.2, 0.25) is 0 Å². The topological polar surface area (TPSA) is 86.8 Å². The van der Waals surface area contributed by atoms with Crippen LogP contribution < -0.4 is 14.8 Å². The standard InChI is InChI=1S/C20H16N2O5/c23-19(21-10-13-5-8-17-18(9-13)27-12-26-17)11-25-20(24)16-7-6-14-3-1-2-4-15(14)22-16/h1-9H,10-12H2,(H,21,23). The maximum absolute atomic E-state index is 12.1. The zero-order chi connectivity index (χ0) is 18.6. The lowest BCUT2D eigenvalue weighted by atomic mass is 10.2. The zero-order valence-corrected chi connectivity index (χ0v) is 14.3. The molecule has 0 unspecified atom stereocenters. The molecule has 1 amide bonds. The molecule has 4 rings (SSSR count). The molecule has 0 saturated carbocycles. The minimum absolute atomic E-state index is 0.164. The Hall–Kier alpha value is -3.61. The first kappa shape index (κ1) is 16.8. The lowest BCUT2D eigenvalue weighted by molar-refractivity contribution is -0.124. The second kappa shape index (κ2) is 7.33. The average Bonchev–Trinajstić information content (AvgIpc) is 3.18. The molecular formula is C20H16N2O5. The Kier molecular flexibility index (Phi) is 4.57. The maximum atomic E-state index is 12.1. The monoisotopic (exact) mass is 364 g/mol. The van der Waals surface area contributed by atoms with E-state index in [1.165, 1.54) is 0 Å². The number of hydrogen-bond donors (Lipinski definition) is 1. The molecule has 0 fully saturated rings. The normalized spacial score (nSPS) is 12.0. The van der Waals surface area contributed by atoms with Crippen LogP contribution in [0.1, 0.15) is 16.1 Å². The SMILES string of the molecule is O=C(COC(=O)c1ccc2ccccc2n1)NCc1ccc2c(c1)OCO2. The number of hydrogen-bond acceptors (Lipinski definition) is 6. The maximum Gasteiger partial charge on any atom is 0.357 e. The number of nitrogens with zero attached hydrogens (tertiary/aromatic N) is 1. The number of carbonyl (C=O) groups is 2. The Bertz CT molecular complexity index is 1020. The number of benzene rings is 2. The summed E-state index contributed by atoms with van der Waals surface area (Å²) in [6, 6.07) is 16.2. The lowest BCUT2D eigenvalue weighted by Gasteiger charge is -2.07. The molecule has 0 radical (unpaired) electrons. The fourth-order valence-electron chi connectivity index (χ4n) is 2.69. The lowest BCUT2D eigenvalue weighted by Crippen LogP contribution is -2.28. The Morgan fingerprint density at radius 1 is 1.04 bits per heavy atom. The van der Waals surface area contributed by atoms with Crippen molar-refractivity contribution in [3.8, 4) is 11.5 Å². The fourth-order valence-corrected chi connectivity index (χ4v) is 2.69. The number of fused-ring (bicyclic) bond motifs is 2. The van der Waals surface area contributed by atoms with Crippen molar-refractivity contribution in [1.82, 2.24) is 10.3 Å². The van der Waals surface area contributed by atoms with Crippen molar-refractivity contribution in [1.29, 1.82) is 0 Å². The molecule has 7 nitrogen and oxygen atoms in total. The van der Waals surface area contributed by atoms with Gasteiger partial charge in [0.15, 0.2) is 18.1 Å². The summed E-state index contributed by atoms with van der Waals surface area (Å²) in [5.41, 5.74) is 1.71. The van der Waals surface area contributed by atoms with Crippen LogP contribution in [-0.4, -0.2) is 30.3 Å². The van der Waals surface area contributed by atoms with E-state index in [4.69, 9.17) is 14.2 Å². The zero-order valence-electron chi connectivity index (χ0n) is 14.3. The third-order valence-corrected chi connectivity index (χ3v) is 4.07. The highest BCUT2D eigenvalue weighted by molar-refractivity contribution is 5.92. The second-order valence-electron chi connectivity index (χ2n) is 5.93. The minimum Gasteiger partial charge on any atom is -0.454 e. The molecule has 0 aliphatic carbocycles. The van der Waals surface area contributed by atoms with Crippen LogP contribution >= 0.6 is 0 Å². The highest BCUT2D eigenvalue weighted by Gasteiger charge is 2.14. The Labute approximate surface area is 154 Å². The average molecular weight is 364 g/mol. The van der Waals surface area contributed by atoms with E-state index in [2.05, 4.69) is 10.3 Å². The third-order valence-electron chi connectivity index (χ3n) is 4.07. The first-order valence-corrected chi connectivity index (χ1v) is 8.37. The van der Waals surface area contributed by atoms with Gasteiger partial charge in [-0.05, 0) is 29.8 Å². The van der Waals surface area contributed by atoms with Gasteiger partial charge in [0.2, 0.25) is 6.79 Å². The van der Waals surface area contributed by atoms with Gasteiger partial charge in [-0.15, -0.1) is 0 Å². The van der Waals surface area contributed by atoms with Crippen molar-refractivity contribution in [2.24, 2.45) is 0 Å². The highest BCUT2D eigenvalue weighted by atomic mass is 16.7. The van der Waals surface area contributed by atoms with Gasteiger partial charge in [0.1, 0.15) is 5.69 Å². The molecule has 2 aromatic carbocycles. The fraction of sp³-hybridized carbons (Fsp3) is 0.150. The van der Waals surface area contributed by atoms with Crippen LogP contribution in [0.15, 0.2) is 54.6 Å². The number of carbonyl (C=O) groups excluding carboxylic acids is 2. The molecule has 0 saturated heterocycles. The number of aromatic nitrogens is 1. The number of esters is 1. The molecule has 1 aliphatic heterocycles. The number of rotatable bonds is 5. The van der Waals surface area contributed by atoms with E-state index in [0.717, 1.165) is 10.9 Å². The van der Waals surface area contributed by atoms with E-state index in [9.17, 15) is 9.59 Å². The van der Waals surface area contributed by atoms with Crippen LogP contribution in [-0.2, 0) is 16.1 Å². The van der Waals surface area contributed by atoms with Gasteiger partial charge in [0, 0.05) is 11.9 Å². The van der Waals surface area contributed by atoms with Crippen molar-refractivity contribution in [2.75, 3.05) is 13.4 Å². The number of amides is 1. The van der Waals surface area contributed by atoms with Gasteiger partial charge < -0.3 is 19.5 Å². The summed E-state index contributed by atoms with van der Waals surface area (Å²) < 4.78 is 15.6. The minimum atomic E-state index is -0.640. The summed E-state index contributed by atoms with van der Waals surface area (Å²) in [6.45, 7) is 0.114. The van der Waals surface area contributed by atoms with Gasteiger partial charge in [0.25, 0.3) is 5.91 Å². The molecule has 1 N–H and O–H groups in total. The predicted octanol–water partition coefficient (Wildman–Crippen LogP) is 2.44. The summed E-state index contributed by atoms with van der Waals surface area (Å²) >= 11 is 0. The van der Waals surface area contributed by atoms with Gasteiger partial charge >= 0.3 is 5.97 Å². The van der Waals surface area contributed by atoms with Crippen LogP contribution in [0.5, 0.6) is 11.5 Å². The predicted molar refractivity (Wildman–Crippen MR) is 96.4 cm³/mol. The molecule has 1 aliphatic rings. The van der Waals surface area contributed by atoms with E-state index < -0.39 is 11.9 Å². The van der Waals surface area contributed by atoms with E-state index in [1.54, 1.807) is 24.3 Å². The Morgan fingerprint density at radius 3 is 2.81 bits per heavy atom. The van der Waals surface area contributed by atoms with Crippen molar-refractivity contribution in [3.63, 3.8) is 0 Å². The van der Waals surface area contributed by atoms with Crippen molar-refractivity contribution >= 4 is 22.8 Å². The molecule has 0 atom stereocenters. The van der Waals surface area contributed by atoms with E-state index in [1.807, 2.05) is 30.3 Å². The van der Waals surface area contributed by atoms with Gasteiger partial charge in [-0.2, -0.15) is 0 Å². The molecule has 2 heterocycles. The first-order chi connectivity index (χ1) is 13.2.